The van der Waals surface area contributed by atoms with Crippen LogP contribution in [0.4, 0.5) is 0 Å². The van der Waals surface area contributed by atoms with E-state index in [9.17, 15) is 19.8 Å². The number of benzene rings is 4. The van der Waals surface area contributed by atoms with Crippen LogP contribution in [0.25, 0.3) is 21.5 Å². The van der Waals surface area contributed by atoms with Crippen LogP contribution >= 0.6 is 0 Å². The number of carboxylic acid groups (broad SMARTS) is 2. The summed E-state index contributed by atoms with van der Waals surface area (Å²) in [6.07, 6.45) is 0. The van der Waals surface area contributed by atoms with E-state index in [2.05, 4.69) is 0 Å². The molecule has 35 heavy (non-hydrogen) atoms. The molecule has 0 bridgehead atoms. The van der Waals surface area contributed by atoms with Gasteiger partial charge in [-0.2, -0.15) is 0 Å². The molecule has 0 amide bonds. The second kappa shape index (κ2) is 12.4. The molecule has 4 aromatic rings. The molecule has 0 spiro atoms. The number of carbonyl (C=O) groups excluding carboxylic acids is 2. The second-order valence-electron chi connectivity index (χ2n) is 8.03. The average molecular weight is 483 g/mol. The van der Waals surface area contributed by atoms with E-state index in [-0.39, 0.29) is 23.1 Å². The van der Waals surface area contributed by atoms with Crippen molar-refractivity contribution in [2.75, 3.05) is 14.2 Å². The third-order valence-corrected chi connectivity index (χ3v) is 5.85. The molecule has 2 unspecified atom stereocenters. The third kappa shape index (κ3) is 6.87. The number of methoxy groups -OCH3 is 2. The summed E-state index contributed by atoms with van der Waals surface area (Å²) < 4.78 is 10.3. The van der Waals surface area contributed by atoms with E-state index >= 15 is 0 Å². The van der Waals surface area contributed by atoms with Gasteiger partial charge in [-0.15, -0.1) is 0 Å². The molecule has 0 aliphatic heterocycles. The van der Waals surface area contributed by atoms with E-state index in [1.165, 1.54) is 0 Å². The maximum Gasteiger partial charge on any atom is 2.00 e. The summed E-state index contributed by atoms with van der Waals surface area (Å²) in [5.41, 5.74) is 1.50. The van der Waals surface area contributed by atoms with Crippen LogP contribution in [0.5, 0.6) is 11.5 Å². The average Bonchev–Trinajstić information content (AvgIpc) is 2.86. The van der Waals surface area contributed by atoms with E-state index < -0.39 is 23.8 Å². The molecule has 0 radical (unpaired) electrons. The van der Waals surface area contributed by atoms with Gasteiger partial charge in [0, 0.05) is 23.8 Å². The van der Waals surface area contributed by atoms with Gasteiger partial charge in [-0.05, 0) is 56.9 Å². The Morgan fingerprint density at radius 3 is 1.23 bits per heavy atom. The molecule has 2 atom stereocenters. The normalized spacial score (nSPS) is 12.0. The number of carbonyl (C=O) groups is 2. The molecule has 0 aliphatic rings. The Hall–Kier alpha value is -3.29. The van der Waals surface area contributed by atoms with Crippen molar-refractivity contribution in [1.29, 1.82) is 0 Å². The van der Waals surface area contributed by atoms with E-state index in [4.69, 9.17) is 9.47 Å². The van der Waals surface area contributed by atoms with E-state index in [1.807, 2.05) is 72.8 Å². The van der Waals surface area contributed by atoms with Crippen molar-refractivity contribution in [2.24, 2.45) is 0 Å². The van der Waals surface area contributed by atoms with Crippen molar-refractivity contribution >= 4 is 56.5 Å². The minimum atomic E-state index is -1.06. The van der Waals surface area contributed by atoms with Gasteiger partial charge in [0.05, 0.1) is 14.2 Å². The van der Waals surface area contributed by atoms with Crippen molar-refractivity contribution in [2.45, 2.75) is 25.7 Å². The largest absolute Gasteiger partial charge is 2.00 e. The van der Waals surface area contributed by atoms with Gasteiger partial charge in [0.2, 0.25) is 0 Å². The van der Waals surface area contributed by atoms with Gasteiger partial charge in [0.25, 0.3) is 0 Å². The minimum Gasteiger partial charge on any atom is -0.550 e. The number of rotatable bonds is 6. The van der Waals surface area contributed by atoms with Crippen molar-refractivity contribution in [1.82, 2.24) is 0 Å². The fourth-order valence-corrected chi connectivity index (χ4v) is 3.55. The monoisotopic (exact) mass is 482 g/mol. The van der Waals surface area contributed by atoms with Gasteiger partial charge in [-0.1, -0.05) is 62.4 Å². The van der Waals surface area contributed by atoms with Crippen LogP contribution in [0.2, 0.25) is 0 Å². The molecule has 0 saturated carbocycles. The Bertz CT molecular complexity index is 1230. The van der Waals surface area contributed by atoms with Crippen LogP contribution in [0.1, 0.15) is 36.8 Å². The van der Waals surface area contributed by atoms with Gasteiger partial charge in [-0.3, -0.25) is 0 Å². The molecule has 4 aromatic carbocycles. The predicted octanol–water partition coefficient (Wildman–Crippen LogP) is 3.02. The zero-order chi connectivity index (χ0) is 24.8. The second-order valence-corrected chi connectivity index (χ2v) is 8.03. The number of hydrogen-bond acceptors (Lipinski definition) is 6. The quantitative estimate of drug-likeness (QED) is 0.392. The van der Waals surface area contributed by atoms with Crippen LogP contribution < -0.4 is 19.7 Å². The zero-order valence-corrected chi connectivity index (χ0v) is 21.7. The van der Waals surface area contributed by atoms with E-state index in [1.54, 1.807) is 28.1 Å². The summed E-state index contributed by atoms with van der Waals surface area (Å²) in [5.74, 6) is -1.73. The smallest absolute Gasteiger partial charge is 0.550 e. The predicted molar refractivity (Wildman–Crippen MR) is 134 cm³/mol. The third-order valence-electron chi connectivity index (χ3n) is 5.85. The number of ether oxygens (including phenoxy) is 2. The number of hydrogen-bond donors (Lipinski definition) is 0. The maximum absolute atomic E-state index is 10.8. The molecule has 7 heteroatoms. The molecule has 176 valence electrons. The Balaban J connectivity index is 0.000000240. The fourth-order valence-electron chi connectivity index (χ4n) is 3.55. The molecule has 4 rings (SSSR count). The van der Waals surface area contributed by atoms with Crippen LogP contribution in [0.3, 0.4) is 0 Å². The van der Waals surface area contributed by atoms with Crippen LogP contribution in [0, 0.1) is 0 Å². The summed E-state index contributed by atoms with van der Waals surface area (Å²) in [6.45, 7) is 3.25. The maximum atomic E-state index is 10.8. The van der Waals surface area contributed by atoms with E-state index in [0.29, 0.717) is 0 Å². The molecule has 6 nitrogen and oxygen atoms in total. The van der Waals surface area contributed by atoms with Crippen molar-refractivity contribution in [3.05, 3.63) is 83.9 Å². The number of carboxylic acids is 2. The Labute approximate surface area is 220 Å². The molecule has 0 aliphatic carbocycles. The number of aliphatic carboxylic acids is 2. The van der Waals surface area contributed by atoms with Crippen molar-refractivity contribution < 1.29 is 29.3 Å². The van der Waals surface area contributed by atoms with Crippen LogP contribution in [0.15, 0.2) is 72.8 Å². The first kappa shape index (κ1) is 27.9. The molecule has 0 fully saturated rings. The summed E-state index contributed by atoms with van der Waals surface area (Å²) in [7, 11) is 3.24. The topological polar surface area (TPSA) is 98.7 Å². The van der Waals surface area contributed by atoms with E-state index in [0.717, 1.165) is 44.2 Å². The first-order valence-electron chi connectivity index (χ1n) is 10.8. The first-order chi connectivity index (χ1) is 16.2. The summed E-state index contributed by atoms with van der Waals surface area (Å²) in [5, 5.41) is 25.7. The molecule has 0 aromatic heterocycles. The Kier molecular flexibility index (Phi) is 9.92. The molecule has 0 heterocycles. The Morgan fingerprint density at radius 2 is 0.914 bits per heavy atom. The van der Waals surface area contributed by atoms with Crippen LogP contribution in [-0.2, 0) is 9.59 Å². The molecule has 0 N–H and O–H groups in total. The van der Waals surface area contributed by atoms with Gasteiger partial charge >= 0.3 is 23.1 Å². The van der Waals surface area contributed by atoms with Gasteiger partial charge < -0.3 is 29.3 Å². The summed E-state index contributed by atoms with van der Waals surface area (Å²) in [6, 6.07) is 22.5. The van der Waals surface area contributed by atoms with Gasteiger partial charge in [-0.25, -0.2) is 0 Å². The van der Waals surface area contributed by atoms with Crippen LogP contribution in [-0.4, -0.2) is 49.2 Å². The molecule has 0 saturated heterocycles. The fraction of sp³-hybridized carbons (Fsp3) is 0.214. The Morgan fingerprint density at radius 1 is 0.600 bits per heavy atom. The molecular formula is C28H26MgO6. The van der Waals surface area contributed by atoms with Crippen molar-refractivity contribution in [3.8, 4) is 11.5 Å². The number of fused-ring (bicyclic) bond motifs is 2. The minimum absolute atomic E-state index is 0. The standard InChI is InChI=1S/2C14H14O3.Mg/c2*1-9(14(15)16)10-3-4-12-8-13(17-2)6-5-11(12)7-10;/h2*3-9H,1-2H3,(H,15,16);/q;;+2/p-2. The SMILES string of the molecule is COc1ccc2cc(C(C)C(=O)[O-])ccc2c1.COc1ccc2cc(C(C)C(=O)[O-])ccc2c1.[Mg+2]. The van der Waals surface area contributed by atoms with Gasteiger partial charge in [0.15, 0.2) is 0 Å². The zero-order valence-electron chi connectivity index (χ0n) is 20.2. The first-order valence-corrected chi connectivity index (χ1v) is 10.8. The molecular weight excluding hydrogens is 457 g/mol. The summed E-state index contributed by atoms with van der Waals surface area (Å²) >= 11 is 0. The summed E-state index contributed by atoms with van der Waals surface area (Å²) in [4.78, 5) is 21.6. The van der Waals surface area contributed by atoms with Gasteiger partial charge in [0.1, 0.15) is 11.5 Å². The van der Waals surface area contributed by atoms with Crippen molar-refractivity contribution in [3.63, 3.8) is 0 Å².